The Morgan fingerprint density at radius 1 is 1.40 bits per heavy atom. The predicted octanol–water partition coefficient (Wildman–Crippen LogP) is 3.71. The number of benzene rings is 1. The zero-order valence-corrected chi connectivity index (χ0v) is 15.2. The number of carbonyl (C=O) groups is 1. The zero-order chi connectivity index (χ0) is 17.8. The summed E-state index contributed by atoms with van der Waals surface area (Å²) in [6, 6.07) is 5.66. The summed E-state index contributed by atoms with van der Waals surface area (Å²) in [7, 11) is 3.64. The Balaban J connectivity index is 1.63. The Morgan fingerprint density at radius 2 is 2.16 bits per heavy atom. The molecule has 1 aromatic carbocycles. The lowest BCUT2D eigenvalue weighted by Crippen LogP contribution is -2.31. The van der Waals surface area contributed by atoms with Crippen molar-refractivity contribution in [3.05, 3.63) is 41.7 Å². The van der Waals surface area contributed by atoms with Gasteiger partial charge in [0.15, 0.2) is 0 Å². The van der Waals surface area contributed by atoms with E-state index in [0.717, 1.165) is 35.4 Å². The summed E-state index contributed by atoms with van der Waals surface area (Å²) in [5.41, 5.74) is 2.76. The van der Waals surface area contributed by atoms with Crippen molar-refractivity contribution >= 4 is 11.7 Å². The molecule has 0 atom stereocenters. The third-order valence-electron chi connectivity index (χ3n) is 4.65. The van der Waals surface area contributed by atoms with E-state index in [4.69, 9.17) is 4.74 Å². The number of amides is 2. The van der Waals surface area contributed by atoms with Crippen LogP contribution in [-0.2, 0) is 13.6 Å². The van der Waals surface area contributed by atoms with Crippen LogP contribution in [0.3, 0.4) is 0 Å². The molecule has 0 radical (unpaired) electrons. The van der Waals surface area contributed by atoms with Gasteiger partial charge >= 0.3 is 6.03 Å². The van der Waals surface area contributed by atoms with Gasteiger partial charge in [-0.3, -0.25) is 4.68 Å². The van der Waals surface area contributed by atoms with E-state index < -0.39 is 0 Å². The molecule has 1 saturated carbocycles. The molecule has 2 aromatic rings. The van der Waals surface area contributed by atoms with Gasteiger partial charge in [-0.1, -0.05) is 6.07 Å². The third-order valence-corrected chi connectivity index (χ3v) is 4.65. The van der Waals surface area contributed by atoms with Crippen molar-refractivity contribution in [1.82, 2.24) is 14.7 Å². The maximum Gasteiger partial charge on any atom is 0.321 e. The van der Waals surface area contributed by atoms with Crippen molar-refractivity contribution in [2.45, 2.75) is 45.3 Å². The number of rotatable bonds is 5. The minimum Gasteiger partial charge on any atom is -0.490 e. The number of aryl methyl sites for hydroxylation is 1. The summed E-state index contributed by atoms with van der Waals surface area (Å²) >= 11 is 0. The van der Waals surface area contributed by atoms with Crippen LogP contribution in [0.1, 0.15) is 36.8 Å². The molecule has 2 amide bonds. The van der Waals surface area contributed by atoms with E-state index >= 15 is 0 Å². The van der Waals surface area contributed by atoms with Crippen LogP contribution in [-0.4, -0.2) is 33.9 Å². The average molecular weight is 342 g/mol. The van der Waals surface area contributed by atoms with Crippen LogP contribution in [0.2, 0.25) is 0 Å². The highest BCUT2D eigenvalue weighted by Gasteiger charge is 2.19. The molecule has 0 aliphatic heterocycles. The third kappa shape index (κ3) is 4.32. The molecule has 6 nitrogen and oxygen atoms in total. The molecule has 0 spiro atoms. The Kier molecular flexibility index (Phi) is 5.26. The Bertz CT molecular complexity index is 735. The number of carbonyl (C=O) groups excluding carboxylic acids is 1. The van der Waals surface area contributed by atoms with Gasteiger partial charge in [-0.05, 0) is 44.7 Å². The van der Waals surface area contributed by atoms with E-state index in [2.05, 4.69) is 10.4 Å². The number of hydrogen-bond donors (Lipinski definition) is 1. The van der Waals surface area contributed by atoms with Crippen molar-refractivity contribution in [1.29, 1.82) is 0 Å². The first kappa shape index (κ1) is 17.3. The van der Waals surface area contributed by atoms with Crippen LogP contribution in [0.15, 0.2) is 30.6 Å². The molecule has 1 N–H and O–H groups in total. The van der Waals surface area contributed by atoms with Gasteiger partial charge < -0.3 is 15.0 Å². The van der Waals surface area contributed by atoms with Crippen LogP contribution in [0.4, 0.5) is 10.5 Å². The summed E-state index contributed by atoms with van der Waals surface area (Å²) in [4.78, 5) is 14.1. The number of anilines is 1. The number of hydrogen-bond acceptors (Lipinski definition) is 3. The van der Waals surface area contributed by atoms with Crippen molar-refractivity contribution in [3.63, 3.8) is 0 Å². The molecule has 3 rings (SSSR count). The van der Waals surface area contributed by atoms with Gasteiger partial charge in [0, 0.05) is 37.1 Å². The summed E-state index contributed by atoms with van der Waals surface area (Å²) in [6.07, 6.45) is 8.68. The van der Waals surface area contributed by atoms with Gasteiger partial charge in [-0.2, -0.15) is 5.10 Å². The second-order valence-electron chi connectivity index (χ2n) is 6.76. The van der Waals surface area contributed by atoms with E-state index in [1.54, 1.807) is 22.8 Å². The van der Waals surface area contributed by atoms with Gasteiger partial charge in [-0.25, -0.2) is 4.79 Å². The van der Waals surface area contributed by atoms with E-state index in [9.17, 15) is 4.79 Å². The van der Waals surface area contributed by atoms with E-state index in [1.807, 2.05) is 38.4 Å². The lowest BCUT2D eigenvalue weighted by molar-refractivity contribution is 0.208. The van der Waals surface area contributed by atoms with Crippen LogP contribution in [0, 0.1) is 6.92 Å². The molecule has 0 saturated heterocycles. The minimum absolute atomic E-state index is 0.148. The van der Waals surface area contributed by atoms with Crippen molar-refractivity contribution in [2.75, 3.05) is 12.4 Å². The number of nitrogens with one attached hydrogen (secondary N) is 1. The fraction of sp³-hybridized carbons (Fsp3) is 0.474. The number of ether oxygens (including phenoxy) is 1. The summed E-state index contributed by atoms with van der Waals surface area (Å²) in [6.45, 7) is 2.50. The standard InChI is InChI=1S/C19H26N4O2/c1-14-17(9-6-10-18(14)25-16-7-4-5-8-16)21-19(24)22(2)12-15-11-20-23(3)13-15/h6,9-11,13,16H,4-5,7-8,12H2,1-3H3,(H,21,24). The van der Waals surface area contributed by atoms with E-state index in [0.29, 0.717) is 12.6 Å². The second-order valence-corrected chi connectivity index (χ2v) is 6.76. The number of urea groups is 1. The molecule has 0 bridgehead atoms. The largest absolute Gasteiger partial charge is 0.490 e. The van der Waals surface area contributed by atoms with Crippen LogP contribution >= 0.6 is 0 Å². The second kappa shape index (κ2) is 7.59. The number of nitrogens with zero attached hydrogens (tertiary/aromatic N) is 3. The van der Waals surface area contributed by atoms with Gasteiger partial charge in [-0.15, -0.1) is 0 Å². The number of aromatic nitrogens is 2. The minimum atomic E-state index is -0.148. The van der Waals surface area contributed by atoms with E-state index in [-0.39, 0.29) is 6.03 Å². The van der Waals surface area contributed by atoms with Crippen molar-refractivity contribution < 1.29 is 9.53 Å². The van der Waals surface area contributed by atoms with Crippen molar-refractivity contribution in [3.8, 4) is 5.75 Å². The summed E-state index contributed by atoms with van der Waals surface area (Å²) < 4.78 is 7.84. The van der Waals surface area contributed by atoms with Gasteiger partial charge in [0.1, 0.15) is 5.75 Å². The molecule has 1 aliphatic rings. The van der Waals surface area contributed by atoms with Crippen LogP contribution in [0.5, 0.6) is 5.75 Å². The molecule has 1 aromatic heterocycles. The molecular formula is C19H26N4O2. The smallest absolute Gasteiger partial charge is 0.321 e. The monoisotopic (exact) mass is 342 g/mol. The normalized spacial score (nSPS) is 14.5. The Hall–Kier alpha value is -2.50. The van der Waals surface area contributed by atoms with Gasteiger partial charge in [0.05, 0.1) is 18.8 Å². The summed E-state index contributed by atoms with van der Waals surface area (Å²) in [5, 5.41) is 7.11. The van der Waals surface area contributed by atoms with Crippen molar-refractivity contribution in [2.24, 2.45) is 7.05 Å². The van der Waals surface area contributed by atoms with Gasteiger partial charge in [0.25, 0.3) is 0 Å². The molecule has 1 heterocycles. The first-order valence-corrected chi connectivity index (χ1v) is 8.79. The topological polar surface area (TPSA) is 59.4 Å². The summed E-state index contributed by atoms with van der Waals surface area (Å²) in [5.74, 6) is 0.861. The molecule has 25 heavy (non-hydrogen) atoms. The molecule has 6 heteroatoms. The lowest BCUT2D eigenvalue weighted by atomic mass is 10.1. The average Bonchev–Trinajstić information content (AvgIpc) is 3.23. The highest BCUT2D eigenvalue weighted by molar-refractivity contribution is 5.90. The molecular weight excluding hydrogens is 316 g/mol. The predicted molar refractivity (Wildman–Crippen MR) is 97.8 cm³/mol. The SMILES string of the molecule is Cc1c(NC(=O)N(C)Cc2cnn(C)c2)cccc1OC1CCCC1. The first-order chi connectivity index (χ1) is 12.0. The quantitative estimate of drug-likeness (QED) is 0.901. The Morgan fingerprint density at radius 3 is 2.84 bits per heavy atom. The maximum atomic E-state index is 12.5. The lowest BCUT2D eigenvalue weighted by Gasteiger charge is -2.20. The molecule has 134 valence electrons. The van der Waals surface area contributed by atoms with E-state index in [1.165, 1.54) is 12.8 Å². The molecule has 1 aliphatic carbocycles. The highest BCUT2D eigenvalue weighted by atomic mass is 16.5. The first-order valence-electron chi connectivity index (χ1n) is 8.79. The maximum absolute atomic E-state index is 12.5. The fourth-order valence-electron chi connectivity index (χ4n) is 3.17. The zero-order valence-electron chi connectivity index (χ0n) is 15.2. The molecule has 1 fully saturated rings. The Labute approximate surface area is 148 Å². The van der Waals surface area contributed by atoms with Gasteiger partial charge in [0.2, 0.25) is 0 Å². The fourth-order valence-corrected chi connectivity index (χ4v) is 3.17. The highest BCUT2D eigenvalue weighted by Crippen LogP contribution is 2.30. The van der Waals surface area contributed by atoms with Crippen LogP contribution < -0.4 is 10.1 Å². The molecule has 0 unspecified atom stereocenters. The van der Waals surface area contributed by atoms with Crippen LogP contribution in [0.25, 0.3) is 0 Å².